The average Bonchev–Trinajstić information content (AvgIpc) is 2.28. The number of aliphatic carboxylic acids is 1. The van der Waals surface area contributed by atoms with Gasteiger partial charge in [0.15, 0.2) is 0 Å². The first-order valence-electron chi connectivity index (χ1n) is 5.49. The first kappa shape index (κ1) is 13.3. The highest BCUT2D eigenvalue weighted by Gasteiger charge is 2.28. The molecule has 7 nitrogen and oxygen atoms in total. The van der Waals surface area contributed by atoms with E-state index >= 15 is 0 Å². The van der Waals surface area contributed by atoms with Gasteiger partial charge in [-0.1, -0.05) is 0 Å². The predicted molar refractivity (Wildman–Crippen MR) is 59.1 cm³/mol. The van der Waals surface area contributed by atoms with Gasteiger partial charge in [0.05, 0.1) is 5.92 Å². The van der Waals surface area contributed by atoms with Gasteiger partial charge in [-0.05, 0) is 19.8 Å². The van der Waals surface area contributed by atoms with Crippen molar-refractivity contribution in [2.24, 2.45) is 11.7 Å². The molecule has 96 valence electrons. The predicted octanol–water partition coefficient (Wildman–Crippen LogP) is -0.634. The van der Waals surface area contributed by atoms with Crippen LogP contribution in [0.5, 0.6) is 0 Å². The molecule has 0 bridgehead atoms. The van der Waals surface area contributed by atoms with Gasteiger partial charge in [-0.15, -0.1) is 0 Å². The van der Waals surface area contributed by atoms with Crippen LogP contribution in [0.1, 0.15) is 19.8 Å². The third-order valence-electron chi connectivity index (χ3n) is 2.82. The van der Waals surface area contributed by atoms with Crippen LogP contribution in [0, 0.1) is 5.92 Å². The topological polar surface area (TPSA) is 113 Å². The summed E-state index contributed by atoms with van der Waals surface area (Å²) in [6.45, 7) is 2.16. The van der Waals surface area contributed by atoms with Gasteiger partial charge < -0.3 is 21.1 Å². The van der Waals surface area contributed by atoms with E-state index in [1.165, 1.54) is 11.8 Å². The van der Waals surface area contributed by atoms with Crippen LogP contribution in [0.25, 0.3) is 0 Å². The highest BCUT2D eigenvalue weighted by molar-refractivity contribution is 5.83. The van der Waals surface area contributed by atoms with E-state index in [0.29, 0.717) is 19.4 Å². The molecule has 4 N–H and O–H groups in total. The van der Waals surface area contributed by atoms with Crippen molar-refractivity contribution in [3.05, 3.63) is 0 Å². The summed E-state index contributed by atoms with van der Waals surface area (Å²) in [5.74, 6) is -1.86. The minimum absolute atomic E-state index is 0.257. The van der Waals surface area contributed by atoms with Crippen molar-refractivity contribution in [3.8, 4) is 0 Å². The molecule has 3 amide bonds. The molecule has 1 unspecified atom stereocenters. The number of carbonyl (C=O) groups excluding carboxylic acids is 2. The van der Waals surface area contributed by atoms with Crippen LogP contribution in [0.4, 0.5) is 4.79 Å². The lowest BCUT2D eigenvalue weighted by Gasteiger charge is -2.31. The second-order valence-corrected chi connectivity index (χ2v) is 4.20. The first-order chi connectivity index (χ1) is 7.91. The molecule has 0 saturated carbocycles. The number of carboxylic acid groups (broad SMARTS) is 1. The molecule has 0 radical (unpaired) electrons. The zero-order valence-electron chi connectivity index (χ0n) is 9.68. The summed E-state index contributed by atoms with van der Waals surface area (Å²) in [4.78, 5) is 34.7. The number of nitrogens with two attached hydrogens (primary N) is 1. The Kier molecular flexibility index (Phi) is 4.30. The van der Waals surface area contributed by atoms with Crippen molar-refractivity contribution in [3.63, 3.8) is 0 Å². The number of likely N-dealkylation sites (tertiary alicyclic amines) is 1. The Labute approximate surface area is 98.9 Å². The normalized spacial score (nSPS) is 21.7. The third kappa shape index (κ3) is 3.61. The van der Waals surface area contributed by atoms with E-state index < -0.39 is 23.9 Å². The van der Waals surface area contributed by atoms with Crippen molar-refractivity contribution >= 4 is 17.9 Å². The molecule has 0 spiro atoms. The first-order valence-corrected chi connectivity index (χ1v) is 5.49. The Balaban J connectivity index is 2.52. The van der Waals surface area contributed by atoms with Crippen LogP contribution >= 0.6 is 0 Å². The monoisotopic (exact) mass is 243 g/mol. The maximum absolute atomic E-state index is 11.7. The fourth-order valence-electron chi connectivity index (χ4n) is 1.73. The van der Waals surface area contributed by atoms with Gasteiger partial charge in [0, 0.05) is 13.1 Å². The van der Waals surface area contributed by atoms with E-state index in [2.05, 4.69) is 5.32 Å². The molecule has 1 rings (SSSR count). The number of hydrogen-bond acceptors (Lipinski definition) is 3. The van der Waals surface area contributed by atoms with Crippen LogP contribution in [0.2, 0.25) is 0 Å². The van der Waals surface area contributed by atoms with E-state index in [1.54, 1.807) is 0 Å². The zero-order valence-corrected chi connectivity index (χ0v) is 9.68. The number of primary amides is 1. The molecular formula is C10H17N3O4. The number of nitrogens with one attached hydrogen (secondary N) is 1. The molecule has 0 aliphatic carbocycles. The standard InChI is InChI=1S/C10H17N3O4/c1-6(9(15)16)12-10(17)13-4-2-3-7(5-13)8(11)14/h6-7H,2-5H2,1H3,(H2,11,14)(H,12,17)(H,15,16)/t6-,7?/m0/s1. The van der Waals surface area contributed by atoms with Gasteiger partial charge in [-0.25, -0.2) is 4.79 Å². The Morgan fingerprint density at radius 2 is 2.12 bits per heavy atom. The van der Waals surface area contributed by atoms with Gasteiger partial charge >= 0.3 is 12.0 Å². The summed E-state index contributed by atoms with van der Waals surface area (Å²) in [5.41, 5.74) is 5.19. The molecular weight excluding hydrogens is 226 g/mol. The molecule has 1 aliphatic rings. The van der Waals surface area contributed by atoms with Crippen LogP contribution in [-0.4, -0.2) is 47.0 Å². The molecule has 0 aromatic rings. The van der Waals surface area contributed by atoms with E-state index in [9.17, 15) is 14.4 Å². The summed E-state index contributed by atoms with van der Waals surface area (Å²) >= 11 is 0. The van der Waals surface area contributed by atoms with Crippen LogP contribution in [0.3, 0.4) is 0 Å². The second-order valence-electron chi connectivity index (χ2n) is 4.20. The number of piperidine rings is 1. The highest BCUT2D eigenvalue weighted by Crippen LogP contribution is 2.15. The van der Waals surface area contributed by atoms with E-state index in [4.69, 9.17) is 10.8 Å². The number of hydrogen-bond donors (Lipinski definition) is 3. The summed E-state index contributed by atoms with van der Waals surface area (Å²) in [7, 11) is 0. The van der Waals surface area contributed by atoms with E-state index in [1.807, 2.05) is 0 Å². The summed E-state index contributed by atoms with van der Waals surface area (Å²) < 4.78 is 0. The molecule has 1 aliphatic heterocycles. The lowest BCUT2D eigenvalue weighted by Crippen LogP contribution is -2.51. The molecule has 1 saturated heterocycles. The van der Waals surface area contributed by atoms with E-state index in [0.717, 1.165) is 0 Å². The highest BCUT2D eigenvalue weighted by atomic mass is 16.4. The quantitative estimate of drug-likeness (QED) is 0.612. The lowest BCUT2D eigenvalue weighted by atomic mass is 9.98. The van der Waals surface area contributed by atoms with Gasteiger partial charge in [-0.2, -0.15) is 0 Å². The molecule has 17 heavy (non-hydrogen) atoms. The molecule has 7 heteroatoms. The zero-order chi connectivity index (χ0) is 13.0. The summed E-state index contributed by atoms with van der Waals surface area (Å²) in [5, 5.41) is 11.0. The molecule has 0 aromatic heterocycles. The Morgan fingerprint density at radius 3 is 2.65 bits per heavy atom. The van der Waals surface area contributed by atoms with Gasteiger partial charge in [0.25, 0.3) is 0 Å². The number of urea groups is 1. The van der Waals surface area contributed by atoms with Gasteiger partial charge in [-0.3, -0.25) is 9.59 Å². The van der Waals surface area contributed by atoms with Crippen molar-refractivity contribution < 1.29 is 19.5 Å². The number of rotatable bonds is 3. The molecule has 1 heterocycles. The average molecular weight is 243 g/mol. The van der Waals surface area contributed by atoms with Gasteiger partial charge in [0.1, 0.15) is 6.04 Å². The Bertz CT molecular complexity index is 332. The smallest absolute Gasteiger partial charge is 0.325 e. The Morgan fingerprint density at radius 1 is 1.47 bits per heavy atom. The van der Waals surface area contributed by atoms with Crippen LogP contribution < -0.4 is 11.1 Å². The fraction of sp³-hybridized carbons (Fsp3) is 0.700. The summed E-state index contributed by atoms with van der Waals surface area (Å²) in [6.07, 6.45) is 1.37. The molecule has 2 atom stereocenters. The minimum Gasteiger partial charge on any atom is -0.480 e. The number of nitrogens with zero attached hydrogens (tertiary/aromatic N) is 1. The summed E-state index contributed by atoms with van der Waals surface area (Å²) in [6, 6.07) is -1.41. The number of carbonyl (C=O) groups is 3. The lowest BCUT2D eigenvalue weighted by molar-refractivity contribution is -0.138. The second kappa shape index (κ2) is 5.51. The van der Waals surface area contributed by atoms with Crippen molar-refractivity contribution in [1.82, 2.24) is 10.2 Å². The maximum Gasteiger partial charge on any atom is 0.325 e. The largest absolute Gasteiger partial charge is 0.480 e. The fourth-order valence-corrected chi connectivity index (χ4v) is 1.73. The Hall–Kier alpha value is -1.79. The van der Waals surface area contributed by atoms with Gasteiger partial charge in [0.2, 0.25) is 5.91 Å². The van der Waals surface area contributed by atoms with Crippen LogP contribution in [0.15, 0.2) is 0 Å². The SMILES string of the molecule is C[C@H](NC(=O)N1CCCC(C(N)=O)C1)C(=O)O. The van der Waals surface area contributed by atoms with E-state index in [-0.39, 0.29) is 12.5 Å². The maximum atomic E-state index is 11.7. The third-order valence-corrected chi connectivity index (χ3v) is 2.82. The van der Waals surface area contributed by atoms with Crippen molar-refractivity contribution in [2.45, 2.75) is 25.8 Å². The molecule has 0 aromatic carbocycles. The van der Waals surface area contributed by atoms with Crippen molar-refractivity contribution in [2.75, 3.05) is 13.1 Å². The van der Waals surface area contributed by atoms with Crippen molar-refractivity contribution in [1.29, 1.82) is 0 Å². The number of carboxylic acids is 1. The minimum atomic E-state index is -1.10. The number of amides is 3. The van der Waals surface area contributed by atoms with Crippen LogP contribution in [-0.2, 0) is 9.59 Å². The molecule has 1 fully saturated rings.